The molecular weight excluding hydrogens is 375 g/mol. The highest BCUT2D eigenvalue weighted by atomic mass is 19.4. The summed E-state index contributed by atoms with van der Waals surface area (Å²) in [5, 5.41) is 13.1. The third-order valence-corrected chi connectivity index (χ3v) is 4.81. The van der Waals surface area contributed by atoms with Crippen LogP contribution in [-0.4, -0.2) is 44.8 Å². The summed E-state index contributed by atoms with van der Waals surface area (Å²) in [6.45, 7) is 3.60. The molecule has 6 nitrogen and oxygen atoms in total. The first kappa shape index (κ1) is 19.9. The van der Waals surface area contributed by atoms with E-state index < -0.39 is 35.2 Å². The molecule has 2 unspecified atom stereocenters. The Bertz CT molecular complexity index is 907. The molecule has 1 N–H and O–H groups in total. The van der Waals surface area contributed by atoms with E-state index in [0.717, 1.165) is 11.8 Å². The molecule has 9 heteroatoms. The summed E-state index contributed by atoms with van der Waals surface area (Å²) in [4.78, 5) is 25.4. The Morgan fingerprint density at radius 3 is 2.57 bits per heavy atom. The standard InChI is InChI=1S/C19H20F3N3O3/c1-11-4-3-5-14(7-11)25-16(19(20,21)22)15(8-23-25)17(26)24-9-12(2)6-13(10-24)18(27)28/h3-5,7-8,12-13H,6,9-10H2,1-2H3,(H,27,28). The number of aryl methyl sites for hydroxylation is 1. The maximum absolute atomic E-state index is 13.8. The number of amides is 1. The normalized spacial score (nSPS) is 20.2. The van der Waals surface area contributed by atoms with Gasteiger partial charge in [-0.25, -0.2) is 4.68 Å². The number of carboxylic acids is 1. The van der Waals surface area contributed by atoms with Crippen molar-refractivity contribution in [1.29, 1.82) is 0 Å². The van der Waals surface area contributed by atoms with Crippen molar-refractivity contribution >= 4 is 11.9 Å². The topological polar surface area (TPSA) is 75.4 Å². The maximum atomic E-state index is 13.8. The number of nitrogens with zero attached hydrogens (tertiary/aromatic N) is 3. The summed E-state index contributed by atoms with van der Waals surface area (Å²) in [7, 11) is 0. The van der Waals surface area contributed by atoms with E-state index in [1.54, 1.807) is 32.0 Å². The molecule has 1 aliphatic heterocycles. The van der Waals surface area contributed by atoms with Crippen molar-refractivity contribution in [2.75, 3.05) is 13.1 Å². The number of aliphatic carboxylic acids is 1. The number of rotatable bonds is 3. The molecule has 150 valence electrons. The number of halogens is 3. The van der Waals surface area contributed by atoms with Gasteiger partial charge in [0.1, 0.15) is 0 Å². The number of hydrogen-bond donors (Lipinski definition) is 1. The van der Waals surface area contributed by atoms with Crippen molar-refractivity contribution in [2.45, 2.75) is 26.4 Å². The van der Waals surface area contributed by atoms with Gasteiger partial charge in [-0.3, -0.25) is 9.59 Å². The van der Waals surface area contributed by atoms with Crippen LogP contribution in [0.5, 0.6) is 0 Å². The van der Waals surface area contributed by atoms with Crippen molar-refractivity contribution < 1.29 is 27.9 Å². The second-order valence-corrected chi connectivity index (χ2v) is 7.24. The van der Waals surface area contributed by atoms with Crippen LogP contribution in [0, 0.1) is 18.8 Å². The average molecular weight is 395 g/mol. The van der Waals surface area contributed by atoms with Crippen molar-refractivity contribution in [1.82, 2.24) is 14.7 Å². The second kappa shape index (κ2) is 7.29. The van der Waals surface area contributed by atoms with Gasteiger partial charge < -0.3 is 10.0 Å². The molecule has 1 saturated heterocycles. The average Bonchev–Trinajstić information content (AvgIpc) is 3.06. The predicted octanol–water partition coefficient (Wildman–Crippen LogP) is 3.38. The predicted molar refractivity (Wildman–Crippen MR) is 94.1 cm³/mol. The third kappa shape index (κ3) is 3.88. The molecule has 3 rings (SSSR count). The first-order chi connectivity index (χ1) is 13.1. The van der Waals surface area contributed by atoms with Gasteiger partial charge in [-0.1, -0.05) is 19.1 Å². The molecule has 1 aromatic carbocycles. The Labute approximate surface area is 159 Å². The van der Waals surface area contributed by atoms with Crippen molar-refractivity contribution in [3.63, 3.8) is 0 Å². The van der Waals surface area contributed by atoms with Gasteiger partial charge >= 0.3 is 12.1 Å². The van der Waals surface area contributed by atoms with Crippen LogP contribution in [0.1, 0.15) is 35.0 Å². The monoisotopic (exact) mass is 395 g/mol. The van der Waals surface area contributed by atoms with Crippen LogP contribution in [0.15, 0.2) is 30.5 Å². The molecule has 0 bridgehead atoms. The number of benzene rings is 1. The highest BCUT2D eigenvalue weighted by molar-refractivity contribution is 5.96. The maximum Gasteiger partial charge on any atom is 0.434 e. The molecule has 0 saturated carbocycles. The van der Waals surface area contributed by atoms with E-state index in [-0.39, 0.29) is 24.7 Å². The van der Waals surface area contributed by atoms with Crippen LogP contribution in [0.25, 0.3) is 5.69 Å². The van der Waals surface area contributed by atoms with Gasteiger partial charge in [0.05, 0.1) is 23.4 Å². The zero-order chi connectivity index (χ0) is 20.6. The van der Waals surface area contributed by atoms with Crippen LogP contribution < -0.4 is 0 Å². The molecule has 0 aliphatic carbocycles. The Morgan fingerprint density at radius 1 is 1.25 bits per heavy atom. The van der Waals surface area contributed by atoms with Gasteiger partial charge in [-0.2, -0.15) is 18.3 Å². The molecule has 2 aromatic rings. The Kier molecular flexibility index (Phi) is 5.18. The van der Waals surface area contributed by atoms with E-state index in [0.29, 0.717) is 11.1 Å². The van der Waals surface area contributed by atoms with E-state index >= 15 is 0 Å². The number of carbonyl (C=O) groups excluding carboxylic acids is 1. The highest BCUT2D eigenvalue weighted by Crippen LogP contribution is 2.35. The molecular formula is C19H20F3N3O3. The van der Waals surface area contributed by atoms with E-state index in [1.165, 1.54) is 11.0 Å². The van der Waals surface area contributed by atoms with Gasteiger partial charge in [0.2, 0.25) is 0 Å². The van der Waals surface area contributed by atoms with Crippen LogP contribution in [0.3, 0.4) is 0 Å². The van der Waals surface area contributed by atoms with Gasteiger partial charge in [-0.15, -0.1) is 0 Å². The number of aromatic nitrogens is 2. The lowest BCUT2D eigenvalue weighted by Gasteiger charge is -2.34. The molecule has 1 amide bonds. The van der Waals surface area contributed by atoms with Crippen molar-refractivity contribution in [3.8, 4) is 5.69 Å². The SMILES string of the molecule is Cc1cccc(-n2ncc(C(=O)N3CC(C)CC(C(=O)O)C3)c2C(F)(F)F)c1. The van der Waals surface area contributed by atoms with E-state index in [2.05, 4.69) is 5.10 Å². The number of likely N-dealkylation sites (tertiary alicyclic amines) is 1. The number of alkyl halides is 3. The summed E-state index contributed by atoms with van der Waals surface area (Å²) in [5.74, 6) is -2.84. The molecule has 0 radical (unpaired) electrons. The first-order valence-corrected chi connectivity index (χ1v) is 8.82. The van der Waals surface area contributed by atoms with Crippen molar-refractivity contribution in [3.05, 3.63) is 47.3 Å². The minimum Gasteiger partial charge on any atom is -0.481 e. The molecule has 2 heterocycles. The van der Waals surface area contributed by atoms with Crippen molar-refractivity contribution in [2.24, 2.45) is 11.8 Å². The fraction of sp³-hybridized carbons (Fsp3) is 0.421. The highest BCUT2D eigenvalue weighted by Gasteiger charge is 2.42. The molecule has 2 atom stereocenters. The van der Waals surface area contributed by atoms with Crippen LogP contribution in [-0.2, 0) is 11.0 Å². The summed E-state index contributed by atoms with van der Waals surface area (Å²) >= 11 is 0. The number of hydrogen-bond acceptors (Lipinski definition) is 3. The van der Waals surface area contributed by atoms with Gasteiger partial charge in [0.15, 0.2) is 5.69 Å². The minimum atomic E-state index is -4.81. The molecule has 1 fully saturated rings. The second-order valence-electron chi connectivity index (χ2n) is 7.24. The van der Waals surface area contributed by atoms with Crippen LogP contribution >= 0.6 is 0 Å². The van der Waals surface area contributed by atoms with Gasteiger partial charge in [0, 0.05) is 13.1 Å². The molecule has 1 aliphatic rings. The molecule has 28 heavy (non-hydrogen) atoms. The lowest BCUT2D eigenvalue weighted by Crippen LogP contribution is -2.45. The summed E-state index contributed by atoms with van der Waals surface area (Å²) in [5.41, 5.74) is -0.787. The summed E-state index contributed by atoms with van der Waals surface area (Å²) in [6.07, 6.45) is -3.52. The third-order valence-electron chi connectivity index (χ3n) is 4.81. The lowest BCUT2D eigenvalue weighted by atomic mass is 9.90. The van der Waals surface area contributed by atoms with E-state index in [9.17, 15) is 27.9 Å². The lowest BCUT2D eigenvalue weighted by molar-refractivity contribution is -0.145. The van der Waals surface area contributed by atoms with Gasteiger partial charge in [-0.05, 0) is 37.0 Å². The zero-order valence-corrected chi connectivity index (χ0v) is 15.4. The number of carbonyl (C=O) groups is 2. The number of carboxylic acid groups (broad SMARTS) is 1. The van der Waals surface area contributed by atoms with Crippen LogP contribution in [0.2, 0.25) is 0 Å². The summed E-state index contributed by atoms with van der Waals surface area (Å²) in [6, 6.07) is 6.37. The Morgan fingerprint density at radius 2 is 1.96 bits per heavy atom. The largest absolute Gasteiger partial charge is 0.481 e. The van der Waals surface area contributed by atoms with Gasteiger partial charge in [0.25, 0.3) is 5.91 Å². The Hall–Kier alpha value is -2.84. The zero-order valence-electron chi connectivity index (χ0n) is 15.4. The summed E-state index contributed by atoms with van der Waals surface area (Å²) < 4.78 is 42.1. The number of piperidine rings is 1. The molecule has 0 spiro atoms. The Balaban J connectivity index is 2.02. The molecule has 1 aromatic heterocycles. The smallest absolute Gasteiger partial charge is 0.434 e. The van der Waals surface area contributed by atoms with Crippen LogP contribution in [0.4, 0.5) is 13.2 Å². The quantitative estimate of drug-likeness (QED) is 0.865. The fourth-order valence-corrected chi connectivity index (χ4v) is 3.60. The van der Waals surface area contributed by atoms with E-state index in [4.69, 9.17) is 0 Å². The minimum absolute atomic E-state index is 0.120. The first-order valence-electron chi connectivity index (χ1n) is 8.82. The fourth-order valence-electron chi connectivity index (χ4n) is 3.60. The van der Waals surface area contributed by atoms with E-state index in [1.807, 2.05) is 0 Å².